The van der Waals surface area contributed by atoms with E-state index in [9.17, 15) is 14.9 Å². The summed E-state index contributed by atoms with van der Waals surface area (Å²) in [5, 5.41) is 10.5. The fraction of sp³-hybridized carbons (Fsp3) is 0.364. The molecule has 1 aromatic carbocycles. The number of aromatic nitrogens is 1. The van der Waals surface area contributed by atoms with Crippen molar-refractivity contribution < 1.29 is 9.72 Å². The van der Waals surface area contributed by atoms with Gasteiger partial charge in [-0.25, -0.2) is 0 Å². The number of hydrogen-bond donors (Lipinski definition) is 1. The molecule has 29 heavy (non-hydrogen) atoms. The van der Waals surface area contributed by atoms with Crippen molar-refractivity contribution >= 4 is 11.5 Å². The van der Waals surface area contributed by atoms with E-state index in [1.807, 2.05) is 31.5 Å². The minimum Gasteiger partial charge on any atom is -0.318 e. The van der Waals surface area contributed by atoms with E-state index >= 15 is 0 Å². The van der Waals surface area contributed by atoms with Gasteiger partial charge in [-0.3, -0.25) is 24.8 Å². The van der Waals surface area contributed by atoms with E-state index in [1.54, 1.807) is 12.1 Å². The van der Waals surface area contributed by atoms with Crippen LogP contribution in [0.4, 0.5) is 5.69 Å². The summed E-state index contributed by atoms with van der Waals surface area (Å²) >= 11 is 0. The molecular weight excluding hydrogens is 368 g/mol. The molecule has 4 rings (SSSR count). The maximum atomic E-state index is 11.8. The summed E-state index contributed by atoms with van der Waals surface area (Å²) in [5.74, 6) is -0.429. The predicted octanol–water partition coefficient (Wildman–Crippen LogP) is 3.38. The number of likely N-dealkylation sites (tertiary alicyclic amines) is 1. The second-order valence-electron chi connectivity index (χ2n) is 7.54. The Balaban J connectivity index is 0.000000176. The van der Waals surface area contributed by atoms with Crippen molar-refractivity contribution in [2.24, 2.45) is 5.73 Å². The molecule has 0 spiro atoms. The summed E-state index contributed by atoms with van der Waals surface area (Å²) in [4.78, 5) is 28.4. The van der Waals surface area contributed by atoms with Crippen LogP contribution in [0.1, 0.15) is 42.9 Å². The molecule has 2 heterocycles. The normalized spacial score (nSPS) is 24.0. The minimum absolute atomic E-state index is 0.0178. The lowest BCUT2D eigenvalue weighted by molar-refractivity contribution is -0.384. The molecule has 0 bridgehead atoms. The van der Waals surface area contributed by atoms with Crippen LogP contribution in [-0.4, -0.2) is 40.2 Å². The summed E-state index contributed by atoms with van der Waals surface area (Å²) in [6.07, 6.45) is 8.22. The highest BCUT2D eigenvalue weighted by Crippen LogP contribution is 2.30. The van der Waals surface area contributed by atoms with E-state index in [0.717, 1.165) is 11.1 Å². The van der Waals surface area contributed by atoms with Gasteiger partial charge in [0.05, 0.1) is 16.9 Å². The average Bonchev–Trinajstić information content (AvgIpc) is 3.27. The molecule has 2 N–H and O–H groups in total. The van der Waals surface area contributed by atoms with Gasteiger partial charge in [0.1, 0.15) is 0 Å². The highest BCUT2D eigenvalue weighted by Gasteiger charge is 2.31. The number of hydrogen-bond acceptors (Lipinski definition) is 6. The van der Waals surface area contributed by atoms with Gasteiger partial charge in [0.25, 0.3) is 5.69 Å². The molecule has 1 fully saturated rings. The van der Waals surface area contributed by atoms with Gasteiger partial charge in [-0.2, -0.15) is 0 Å². The van der Waals surface area contributed by atoms with Crippen molar-refractivity contribution in [3.8, 4) is 0 Å². The molecule has 0 amide bonds. The molecule has 0 radical (unpaired) electrons. The Morgan fingerprint density at radius 2 is 1.93 bits per heavy atom. The Kier molecular flexibility index (Phi) is 6.51. The zero-order valence-electron chi connectivity index (χ0n) is 16.7. The van der Waals surface area contributed by atoms with Crippen molar-refractivity contribution in [2.75, 3.05) is 13.6 Å². The number of carbonyl (C=O) groups is 1. The van der Waals surface area contributed by atoms with Crippen molar-refractivity contribution in [3.05, 3.63) is 81.7 Å². The highest BCUT2D eigenvalue weighted by molar-refractivity contribution is 5.97. The Morgan fingerprint density at radius 1 is 1.21 bits per heavy atom. The summed E-state index contributed by atoms with van der Waals surface area (Å²) in [7, 11) is 2.19. The fourth-order valence-corrected chi connectivity index (χ4v) is 3.83. The Hall–Kier alpha value is -2.90. The summed E-state index contributed by atoms with van der Waals surface area (Å²) in [6, 6.07) is 10.2. The fourth-order valence-electron chi connectivity index (χ4n) is 3.83. The SMILES string of the molecule is CC1=CC(c2ccc([N+](=O)[O-])cc2)C(=O)C1N.CN1CCCC1c1cccnc1. The Bertz CT molecular complexity index is 896. The first kappa shape index (κ1) is 20.8. The quantitative estimate of drug-likeness (QED) is 0.486. The molecule has 3 unspecified atom stereocenters. The molecule has 1 aromatic heterocycles. The number of nitro groups is 1. The molecule has 1 aliphatic carbocycles. The van der Waals surface area contributed by atoms with Crippen molar-refractivity contribution in [1.82, 2.24) is 9.88 Å². The van der Waals surface area contributed by atoms with Crippen LogP contribution in [0.3, 0.4) is 0 Å². The van der Waals surface area contributed by atoms with Gasteiger partial charge in [0.2, 0.25) is 0 Å². The number of ketones is 1. The van der Waals surface area contributed by atoms with Crippen LogP contribution in [0.15, 0.2) is 60.4 Å². The third-order valence-electron chi connectivity index (χ3n) is 5.59. The van der Waals surface area contributed by atoms with Crippen LogP contribution in [0.5, 0.6) is 0 Å². The maximum Gasteiger partial charge on any atom is 0.269 e. The maximum absolute atomic E-state index is 11.8. The number of carbonyl (C=O) groups excluding carboxylic acids is 1. The van der Waals surface area contributed by atoms with Gasteiger partial charge in [-0.15, -0.1) is 0 Å². The summed E-state index contributed by atoms with van der Waals surface area (Å²) in [6.45, 7) is 3.04. The van der Waals surface area contributed by atoms with Gasteiger partial charge < -0.3 is 5.73 Å². The van der Waals surface area contributed by atoms with Crippen LogP contribution in [0.2, 0.25) is 0 Å². The van der Waals surface area contributed by atoms with Crippen LogP contribution < -0.4 is 5.73 Å². The third kappa shape index (κ3) is 4.75. The molecule has 1 saturated heterocycles. The second kappa shape index (κ2) is 9.07. The first-order chi connectivity index (χ1) is 13.9. The van der Waals surface area contributed by atoms with Gasteiger partial charge in [-0.1, -0.05) is 29.8 Å². The van der Waals surface area contributed by atoms with E-state index in [2.05, 4.69) is 23.0 Å². The number of nitrogens with zero attached hydrogens (tertiary/aromatic N) is 3. The largest absolute Gasteiger partial charge is 0.318 e. The van der Waals surface area contributed by atoms with E-state index in [4.69, 9.17) is 5.73 Å². The van der Waals surface area contributed by atoms with E-state index < -0.39 is 11.0 Å². The summed E-state index contributed by atoms with van der Waals surface area (Å²) < 4.78 is 0. The van der Waals surface area contributed by atoms with Crippen LogP contribution >= 0.6 is 0 Å². The molecule has 152 valence electrons. The number of Topliss-reactive ketones (excluding diaryl/α,β-unsaturated/α-hetero) is 1. The average molecular weight is 394 g/mol. The first-order valence-electron chi connectivity index (χ1n) is 9.70. The first-order valence-corrected chi connectivity index (χ1v) is 9.70. The van der Waals surface area contributed by atoms with Crippen LogP contribution in [0, 0.1) is 10.1 Å². The van der Waals surface area contributed by atoms with E-state index in [-0.39, 0.29) is 17.4 Å². The second-order valence-corrected chi connectivity index (χ2v) is 7.54. The van der Waals surface area contributed by atoms with Crippen LogP contribution in [0.25, 0.3) is 0 Å². The standard InChI is InChI=1S/C12H12N2O3.C10H14N2/c1-7-6-10(12(15)11(7)13)8-2-4-9(5-3-8)14(16)17;1-12-7-3-5-10(12)9-4-2-6-11-8-9/h2-6,10-11H,13H2,1H3;2,4,6,8,10H,3,5,7H2,1H3. The molecule has 2 aromatic rings. The third-order valence-corrected chi connectivity index (χ3v) is 5.59. The zero-order valence-corrected chi connectivity index (χ0v) is 16.7. The van der Waals surface area contributed by atoms with E-state index in [0.29, 0.717) is 6.04 Å². The Labute approximate surface area is 170 Å². The molecule has 7 nitrogen and oxygen atoms in total. The minimum atomic E-state index is -0.546. The number of pyridine rings is 1. The molecule has 0 saturated carbocycles. The van der Waals surface area contributed by atoms with Gasteiger partial charge in [0, 0.05) is 30.6 Å². The molecular formula is C22H26N4O3. The lowest BCUT2D eigenvalue weighted by Crippen LogP contribution is -2.29. The number of nitro benzene ring substituents is 1. The van der Waals surface area contributed by atoms with E-state index in [1.165, 1.54) is 37.1 Å². The number of rotatable bonds is 3. The Morgan fingerprint density at radius 3 is 2.41 bits per heavy atom. The topological polar surface area (TPSA) is 102 Å². The zero-order chi connectivity index (χ0) is 21.0. The van der Waals surface area contributed by atoms with Gasteiger partial charge in [0.15, 0.2) is 5.78 Å². The van der Waals surface area contributed by atoms with Gasteiger partial charge in [-0.05, 0) is 50.6 Å². The molecule has 1 aliphatic heterocycles. The molecule has 7 heteroatoms. The van der Waals surface area contributed by atoms with Crippen molar-refractivity contribution in [2.45, 2.75) is 37.8 Å². The number of non-ortho nitro benzene ring substituents is 1. The van der Waals surface area contributed by atoms with Crippen molar-refractivity contribution in [1.29, 1.82) is 0 Å². The smallest absolute Gasteiger partial charge is 0.269 e. The molecule has 2 aliphatic rings. The van der Waals surface area contributed by atoms with Crippen molar-refractivity contribution in [3.63, 3.8) is 0 Å². The number of nitrogens with two attached hydrogens (primary N) is 1. The summed E-state index contributed by atoms with van der Waals surface area (Å²) in [5.41, 5.74) is 8.67. The number of allylic oxidation sites excluding steroid dienone is 1. The highest BCUT2D eigenvalue weighted by atomic mass is 16.6. The monoisotopic (exact) mass is 394 g/mol. The predicted molar refractivity (Wildman–Crippen MR) is 111 cm³/mol. The lowest BCUT2D eigenvalue weighted by atomic mass is 9.96. The van der Waals surface area contributed by atoms with Gasteiger partial charge >= 0.3 is 0 Å². The number of benzene rings is 1. The molecule has 3 atom stereocenters. The van der Waals surface area contributed by atoms with Crippen LogP contribution in [-0.2, 0) is 4.79 Å². The lowest BCUT2D eigenvalue weighted by Gasteiger charge is -2.18.